The zero-order valence-electron chi connectivity index (χ0n) is 17.9. The van der Waals surface area contributed by atoms with Crippen molar-refractivity contribution in [2.24, 2.45) is 0 Å². The molecule has 11 heteroatoms. The van der Waals surface area contributed by atoms with Gasteiger partial charge in [0.15, 0.2) is 5.65 Å². The van der Waals surface area contributed by atoms with Crippen LogP contribution in [0.1, 0.15) is 31.2 Å². The van der Waals surface area contributed by atoms with Gasteiger partial charge in [-0.3, -0.25) is 4.68 Å². The van der Waals surface area contributed by atoms with E-state index in [4.69, 9.17) is 9.72 Å². The lowest BCUT2D eigenvalue weighted by Gasteiger charge is -2.22. The Hall–Kier alpha value is -3.18. The summed E-state index contributed by atoms with van der Waals surface area (Å²) in [6.07, 6.45) is 14.1. The standard InChI is InChI=1S/C22H22BrN9O/c23-18-11-26-31-7-4-15(9-20(18)31)13-32-22-21(28-29-32)24-12-19(27-22)16-10-25-30(14-16)6-5-17-3-1-2-8-33-17/h4,7,9-12,14,17H,1-3,5-6,8,13H2. The Labute approximate surface area is 197 Å². The summed E-state index contributed by atoms with van der Waals surface area (Å²) in [5.41, 5.74) is 4.90. The second-order valence-corrected chi connectivity index (χ2v) is 9.13. The molecule has 6 rings (SSSR count). The van der Waals surface area contributed by atoms with Crippen LogP contribution in [0.3, 0.4) is 0 Å². The van der Waals surface area contributed by atoms with Gasteiger partial charge in [-0.1, -0.05) is 5.21 Å². The second-order valence-electron chi connectivity index (χ2n) is 8.28. The molecule has 168 valence electrons. The van der Waals surface area contributed by atoms with Gasteiger partial charge in [-0.25, -0.2) is 19.2 Å². The number of fused-ring (bicyclic) bond motifs is 2. The average molecular weight is 508 g/mol. The van der Waals surface area contributed by atoms with Crippen LogP contribution < -0.4 is 0 Å². The van der Waals surface area contributed by atoms with E-state index in [0.29, 0.717) is 23.9 Å². The lowest BCUT2D eigenvalue weighted by Crippen LogP contribution is -2.20. The summed E-state index contributed by atoms with van der Waals surface area (Å²) < 4.78 is 12.3. The van der Waals surface area contributed by atoms with Crippen LogP contribution in [0.5, 0.6) is 0 Å². The fourth-order valence-corrected chi connectivity index (χ4v) is 4.58. The molecule has 1 fully saturated rings. The minimum atomic E-state index is 0.338. The SMILES string of the molecule is Brc1cnn2ccc(Cn3nnc4ncc(-c5cnn(CCC6CCCCO6)c5)nc43)cc12. The largest absolute Gasteiger partial charge is 0.378 e. The van der Waals surface area contributed by atoms with Crippen molar-refractivity contribution in [3.63, 3.8) is 0 Å². The molecule has 5 aromatic rings. The van der Waals surface area contributed by atoms with Crippen molar-refractivity contribution in [3.8, 4) is 11.3 Å². The van der Waals surface area contributed by atoms with Crippen LogP contribution >= 0.6 is 15.9 Å². The maximum absolute atomic E-state index is 5.83. The first-order chi connectivity index (χ1) is 16.2. The van der Waals surface area contributed by atoms with Crippen LogP contribution in [0.25, 0.3) is 28.1 Å². The highest BCUT2D eigenvalue weighted by atomic mass is 79.9. The number of hydrogen-bond acceptors (Lipinski definition) is 7. The first-order valence-corrected chi connectivity index (χ1v) is 11.8. The number of rotatable bonds is 6. The fourth-order valence-electron chi connectivity index (χ4n) is 4.20. The van der Waals surface area contributed by atoms with Gasteiger partial charge in [-0.2, -0.15) is 10.2 Å². The van der Waals surface area contributed by atoms with Crippen molar-refractivity contribution in [1.82, 2.24) is 44.4 Å². The molecule has 1 saturated heterocycles. The number of pyridine rings is 1. The van der Waals surface area contributed by atoms with Gasteiger partial charge >= 0.3 is 0 Å². The lowest BCUT2D eigenvalue weighted by molar-refractivity contribution is 0.00828. The van der Waals surface area contributed by atoms with Gasteiger partial charge < -0.3 is 4.74 Å². The minimum absolute atomic E-state index is 0.338. The highest BCUT2D eigenvalue weighted by Gasteiger charge is 2.15. The predicted molar refractivity (Wildman–Crippen MR) is 125 cm³/mol. The van der Waals surface area contributed by atoms with E-state index in [-0.39, 0.29) is 0 Å². The second kappa shape index (κ2) is 8.64. The number of halogens is 1. The molecular weight excluding hydrogens is 486 g/mol. The van der Waals surface area contributed by atoms with E-state index in [2.05, 4.69) is 47.5 Å². The molecule has 1 unspecified atom stereocenters. The predicted octanol–water partition coefficient (Wildman–Crippen LogP) is 3.50. The lowest BCUT2D eigenvalue weighted by atomic mass is 10.1. The van der Waals surface area contributed by atoms with Crippen molar-refractivity contribution in [2.75, 3.05) is 6.61 Å². The van der Waals surface area contributed by atoms with E-state index in [9.17, 15) is 0 Å². The maximum atomic E-state index is 5.83. The average Bonchev–Trinajstić information content (AvgIpc) is 3.58. The topological polar surface area (TPSA) is 101 Å². The van der Waals surface area contributed by atoms with E-state index in [0.717, 1.165) is 52.8 Å². The van der Waals surface area contributed by atoms with Crippen LogP contribution in [0, 0.1) is 0 Å². The molecule has 0 radical (unpaired) electrons. The molecule has 0 N–H and O–H groups in total. The zero-order valence-corrected chi connectivity index (χ0v) is 19.5. The quantitative estimate of drug-likeness (QED) is 0.346. The highest BCUT2D eigenvalue weighted by Crippen LogP contribution is 2.21. The van der Waals surface area contributed by atoms with E-state index < -0.39 is 0 Å². The summed E-state index contributed by atoms with van der Waals surface area (Å²) in [5, 5.41) is 17.3. The normalized spacial score (nSPS) is 16.7. The van der Waals surface area contributed by atoms with E-state index in [1.807, 2.05) is 33.9 Å². The Bertz CT molecular complexity index is 1420. The third-order valence-corrected chi connectivity index (χ3v) is 6.59. The molecule has 0 bridgehead atoms. The fraction of sp³-hybridized carbons (Fsp3) is 0.364. The molecule has 0 amide bonds. The first-order valence-electron chi connectivity index (χ1n) is 11.1. The van der Waals surface area contributed by atoms with Gasteiger partial charge in [-0.05, 0) is 59.3 Å². The smallest absolute Gasteiger partial charge is 0.221 e. The highest BCUT2D eigenvalue weighted by molar-refractivity contribution is 9.10. The molecule has 0 saturated carbocycles. The monoisotopic (exact) mass is 507 g/mol. The molecule has 0 aliphatic carbocycles. The summed E-state index contributed by atoms with van der Waals surface area (Å²) in [7, 11) is 0. The van der Waals surface area contributed by atoms with Crippen LogP contribution in [-0.4, -0.2) is 57.1 Å². The van der Waals surface area contributed by atoms with Gasteiger partial charge in [0.05, 0.1) is 46.9 Å². The Morgan fingerprint density at radius 1 is 1.15 bits per heavy atom. The Kier molecular flexibility index (Phi) is 5.35. The van der Waals surface area contributed by atoms with Gasteiger partial charge in [0, 0.05) is 31.1 Å². The number of nitrogens with zero attached hydrogens (tertiary/aromatic N) is 9. The van der Waals surface area contributed by atoms with Gasteiger partial charge in [0.1, 0.15) is 0 Å². The van der Waals surface area contributed by atoms with E-state index in [1.165, 1.54) is 12.8 Å². The van der Waals surface area contributed by atoms with Gasteiger partial charge in [0.2, 0.25) is 5.65 Å². The molecule has 6 heterocycles. The summed E-state index contributed by atoms with van der Waals surface area (Å²) >= 11 is 3.53. The molecule has 1 atom stereocenters. The number of aryl methyl sites for hydroxylation is 1. The molecule has 0 spiro atoms. The molecule has 1 aliphatic heterocycles. The van der Waals surface area contributed by atoms with Crippen molar-refractivity contribution in [2.45, 2.75) is 44.9 Å². The third-order valence-electron chi connectivity index (χ3n) is 5.98. The van der Waals surface area contributed by atoms with Crippen molar-refractivity contribution < 1.29 is 4.74 Å². The van der Waals surface area contributed by atoms with Gasteiger partial charge in [0.25, 0.3) is 0 Å². The Morgan fingerprint density at radius 3 is 3.03 bits per heavy atom. The molecule has 5 aromatic heterocycles. The summed E-state index contributed by atoms with van der Waals surface area (Å²) in [6.45, 7) is 2.23. The minimum Gasteiger partial charge on any atom is -0.378 e. The van der Waals surface area contributed by atoms with Crippen LogP contribution in [0.15, 0.2) is 47.6 Å². The third kappa shape index (κ3) is 4.13. The Morgan fingerprint density at radius 2 is 2.12 bits per heavy atom. The van der Waals surface area contributed by atoms with Crippen molar-refractivity contribution in [1.29, 1.82) is 0 Å². The summed E-state index contributed by atoms with van der Waals surface area (Å²) in [6, 6.07) is 4.08. The summed E-state index contributed by atoms with van der Waals surface area (Å²) in [5.74, 6) is 0. The summed E-state index contributed by atoms with van der Waals surface area (Å²) in [4.78, 5) is 9.27. The number of aromatic nitrogens is 9. The molecule has 10 nitrogen and oxygen atoms in total. The van der Waals surface area contributed by atoms with Crippen LogP contribution in [-0.2, 0) is 17.8 Å². The van der Waals surface area contributed by atoms with Crippen molar-refractivity contribution >= 4 is 32.7 Å². The van der Waals surface area contributed by atoms with E-state index in [1.54, 1.807) is 17.1 Å². The molecule has 0 aromatic carbocycles. The van der Waals surface area contributed by atoms with Crippen LogP contribution in [0.2, 0.25) is 0 Å². The molecular formula is C22H22BrN9O. The van der Waals surface area contributed by atoms with E-state index >= 15 is 0 Å². The zero-order chi connectivity index (χ0) is 22.2. The maximum Gasteiger partial charge on any atom is 0.221 e. The first kappa shape index (κ1) is 20.4. The number of hydrogen-bond donors (Lipinski definition) is 0. The van der Waals surface area contributed by atoms with Crippen molar-refractivity contribution in [3.05, 3.63) is 53.2 Å². The molecule has 33 heavy (non-hydrogen) atoms. The number of ether oxygens (including phenoxy) is 1. The Balaban J connectivity index is 1.22. The molecule has 1 aliphatic rings. The van der Waals surface area contributed by atoms with Gasteiger partial charge in [-0.15, -0.1) is 5.10 Å². The van der Waals surface area contributed by atoms with Crippen LogP contribution in [0.4, 0.5) is 0 Å².